The third-order valence-corrected chi connectivity index (χ3v) is 21.0. The van der Waals surface area contributed by atoms with Crippen LogP contribution in [0.3, 0.4) is 0 Å². The Morgan fingerprint density at radius 1 is 0.556 bits per heavy atom. The molecule has 3 aliphatic rings. The van der Waals surface area contributed by atoms with E-state index in [2.05, 4.69) is 111 Å². The van der Waals surface area contributed by atoms with Crippen molar-refractivity contribution < 1.29 is 96.1 Å². The summed E-state index contributed by atoms with van der Waals surface area (Å²) in [4.78, 5) is 68.3. The summed E-state index contributed by atoms with van der Waals surface area (Å²) in [6, 6.07) is 12.6. The minimum absolute atomic E-state index is 0.00367. The quantitative estimate of drug-likeness (QED) is 0.0237. The van der Waals surface area contributed by atoms with Crippen molar-refractivity contribution in [3.8, 4) is 6.07 Å². The Labute approximate surface area is 596 Å². The lowest BCUT2D eigenvalue weighted by Crippen LogP contribution is -2.47. The van der Waals surface area contributed by atoms with Crippen molar-refractivity contribution in [3.05, 3.63) is 35.9 Å². The zero-order valence-corrected chi connectivity index (χ0v) is 64.2. The molecule has 1 aromatic carbocycles. The molecule has 0 spiro atoms. The van der Waals surface area contributed by atoms with Gasteiger partial charge < -0.3 is 72.2 Å². The van der Waals surface area contributed by atoms with Crippen molar-refractivity contribution in [2.75, 3.05) is 66.5 Å². The van der Waals surface area contributed by atoms with Gasteiger partial charge in [0, 0.05) is 103 Å². The van der Waals surface area contributed by atoms with Crippen LogP contribution < -0.4 is 10.6 Å². The van der Waals surface area contributed by atoms with E-state index in [4.69, 9.17) is 68.2 Å². The highest BCUT2D eigenvalue weighted by Gasteiger charge is 2.43. The first-order valence-corrected chi connectivity index (χ1v) is 37.3. The second-order valence-electron chi connectivity index (χ2n) is 27.4. The van der Waals surface area contributed by atoms with Gasteiger partial charge in [-0.25, -0.2) is 4.67 Å². The number of esters is 3. The lowest BCUT2D eigenvalue weighted by molar-refractivity contribution is -0.255. The first-order valence-electron chi connectivity index (χ1n) is 36.8. The minimum Gasteiger partial charge on any atom is -0.481 e. The number of unbranched alkanes of at least 4 members (excludes halogenated alkanes) is 6. The molecular formula is C74H130FN4O19P. The molecule has 0 saturated carbocycles. The van der Waals surface area contributed by atoms with Gasteiger partial charge in [-0.15, -0.1) is 0 Å². The molecule has 9 unspecified atom stereocenters. The number of amides is 2. The second-order valence-corrected chi connectivity index (χ2v) is 28.8. The normalized spacial score (nSPS) is 26.1. The van der Waals surface area contributed by atoms with Gasteiger partial charge in [0.25, 0.3) is 8.53 Å². The zero-order chi connectivity index (χ0) is 75.3. The van der Waals surface area contributed by atoms with Crippen molar-refractivity contribution >= 4 is 44.2 Å². The average molecular weight is 1430 g/mol. The summed E-state index contributed by atoms with van der Waals surface area (Å²) in [5.74, 6) is 1.20. The number of aliphatic carboxylic acids is 1. The molecule has 3 saturated heterocycles. The number of carboxylic acid groups (broad SMARTS) is 1. The van der Waals surface area contributed by atoms with E-state index in [1.165, 1.54) is 20.8 Å². The van der Waals surface area contributed by atoms with Crippen LogP contribution in [0.5, 0.6) is 0 Å². The van der Waals surface area contributed by atoms with Gasteiger partial charge in [-0.2, -0.15) is 5.26 Å². The summed E-state index contributed by atoms with van der Waals surface area (Å²) in [5, 5.41) is 23.4. The van der Waals surface area contributed by atoms with Gasteiger partial charge in [-0.05, 0) is 121 Å². The van der Waals surface area contributed by atoms with E-state index < -0.39 is 21.6 Å². The van der Waals surface area contributed by atoms with E-state index in [1.807, 2.05) is 44.2 Å². The molecule has 3 N–H and O–H groups in total. The van der Waals surface area contributed by atoms with Crippen LogP contribution in [0.1, 0.15) is 215 Å². The van der Waals surface area contributed by atoms with E-state index in [0.29, 0.717) is 101 Å². The number of alkyl halides is 1. The number of carbonyl (C=O) groups is 6. The van der Waals surface area contributed by atoms with Crippen molar-refractivity contribution in [2.45, 2.75) is 276 Å². The molecule has 0 aromatic heterocycles. The summed E-state index contributed by atoms with van der Waals surface area (Å²) < 4.78 is 87.2. The fraction of sp³-hybridized carbons (Fsp3) is 0.824. The van der Waals surface area contributed by atoms with Crippen LogP contribution in [0.2, 0.25) is 0 Å². The summed E-state index contributed by atoms with van der Waals surface area (Å²) >= 11 is 0. The van der Waals surface area contributed by atoms with Gasteiger partial charge in [-0.3, -0.25) is 33.2 Å². The highest BCUT2D eigenvalue weighted by Crippen LogP contribution is 2.47. The molecule has 3 heterocycles. The fourth-order valence-electron chi connectivity index (χ4n) is 11.5. The maximum atomic E-state index is 12.4. The largest absolute Gasteiger partial charge is 0.481 e. The monoisotopic (exact) mass is 1430 g/mol. The highest BCUT2D eigenvalue weighted by molar-refractivity contribution is 7.44. The number of ether oxygens (including phenoxy) is 10. The van der Waals surface area contributed by atoms with Crippen LogP contribution in [-0.2, 0) is 91.8 Å². The van der Waals surface area contributed by atoms with Gasteiger partial charge in [0.05, 0.1) is 64.7 Å². The van der Waals surface area contributed by atoms with Crippen molar-refractivity contribution in [2.24, 2.45) is 53.3 Å². The molecule has 3 aliphatic heterocycles. The van der Waals surface area contributed by atoms with Crippen molar-refractivity contribution in [1.82, 2.24) is 15.3 Å². The Balaban J connectivity index is 0.000000758. The molecule has 0 bridgehead atoms. The summed E-state index contributed by atoms with van der Waals surface area (Å²) in [6.45, 7) is 40.0. The third-order valence-electron chi connectivity index (χ3n) is 18.8. The molecule has 572 valence electrons. The number of carbonyl (C=O) groups excluding carboxylic acids is 5. The van der Waals surface area contributed by atoms with Crippen LogP contribution in [0.25, 0.3) is 0 Å². The number of benzene rings is 1. The van der Waals surface area contributed by atoms with E-state index in [9.17, 15) is 33.2 Å². The molecule has 3 fully saturated rings. The third kappa shape index (κ3) is 39.1. The topological polar surface area (TPSA) is 284 Å². The molecule has 18 atom stereocenters. The predicted molar refractivity (Wildman–Crippen MR) is 379 cm³/mol. The van der Waals surface area contributed by atoms with Crippen LogP contribution in [0.4, 0.5) is 4.39 Å². The van der Waals surface area contributed by atoms with E-state index >= 15 is 0 Å². The first kappa shape index (κ1) is 90.6. The molecule has 0 aliphatic carbocycles. The Hall–Kier alpha value is -4.51. The summed E-state index contributed by atoms with van der Waals surface area (Å²) in [5.41, 5.74) is 1.12. The molecule has 4 rings (SSSR count). The molecule has 23 nitrogen and oxygen atoms in total. The van der Waals surface area contributed by atoms with Gasteiger partial charge in [-0.1, -0.05) is 112 Å². The summed E-state index contributed by atoms with van der Waals surface area (Å²) in [6.07, 6.45) is 7.19. The van der Waals surface area contributed by atoms with Crippen molar-refractivity contribution in [1.29, 1.82) is 5.26 Å². The number of halogens is 1. The molecule has 2 amide bonds. The predicted octanol–water partition coefficient (Wildman–Crippen LogP) is 13.5. The molecule has 99 heavy (non-hydrogen) atoms. The second kappa shape index (κ2) is 53.3. The Bertz CT molecular complexity index is 2420. The Morgan fingerprint density at radius 2 is 0.919 bits per heavy atom. The minimum atomic E-state index is -1.34. The van der Waals surface area contributed by atoms with E-state index in [-0.39, 0.29) is 141 Å². The van der Waals surface area contributed by atoms with Gasteiger partial charge in [0.2, 0.25) is 11.8 Å². The van der Waals surface area contributed by atoms with Crippen LogP contribution in [0, 0.1) is 64.6 Å². The molecular weight excluding hydrogens is 1300 g/mol. The maximum absolute atomic E-state index is 12.4. The standard InChI is InChI=1S/C29H54N3O7P.C27H43NO6.C17H30O6.CH3F/c1-20(2)32(21(3)4)40(37-17-13-15-30)39-22(5)18-31-28(34)14-11-10-12-16-35-29-25(8)23(6)24(7)27(38-29)19-36-26(9)33;1-19(32-17-24-12-8-6-9-13-24)16-28-26(30)14-10-7-11-15-31-27-22(4)20(2)21(3)25(34-27)18-33-23(5)29;1-11-12(2)15(10-22-14(4)18)23-17(13(11)3)21-9-7-5-6-8-16(19)20;1-2/h20-25,27,29H,10-14,16-19H2,1-9H3,(H,31,34);6,8-9,12-13,19-22,25,27H,7,10-11,14-18H2,1-5H3,(H,28,30);11-13,15,17H,5-10H2,1-4H3,(H,19,20);1H3/t22?,23-,24+,25?,27?,29+,40?;19?,20-,21+,22?,25?,27+;11-,12+,13?,15?,17+;/m000./s1/i;;;1D. The van der Waals surface area contributed by atoms with Gasteiger partial charge >= 0.3 is 23.9 Å². The van der Waals surface area contributed by atoms with Crippen LogP contribution >= 0.6 is 8.53 Å². The van der Waals surface area contributed by atoms with Gasteiger partial charge in [0.15, 0.2) is 18.9 Å². The van der Waals surface area contributed by atoms with E-state index in [1.54, 1.807) is 0 Å². The summed E-state index contributed by atoms with van der Waals surface area (Å²) in [7, 11) is -2.34. The number of nitrogens with one attached hydrogen (secondary N) is 2. The van der Waals surface area contributed by atoms with Crippen LogP contribution in [-0.4, -0.2) is 173 Å². The smallest absolute Gasteiger partial charge is 0.303 e. The maximum Gasteiger partial charge on any atom is 0.303 e. The number of hydrogen-bond acceptors (Lipinski definition) is 20. The number of rotatable bonds is 42. The number of hydrogen-bond donors (Lipinski definition) is 3. The molecule has 1 aromatic rings. The number of nitriles is 1. The number of carboxylic acids is 1. The average Bonchev–Trinajstić information content (AvgIpc) is 0.833. The highest BCUT2D eigenvalue weighted by atomic mass is 31.2. The van der Waals surface area contributed by atoms with Crippen LogP contribution in [0.15, 0.2) is 30.3 Å². The lowest BCUT2D eigenvalue weighted by atomic mass is 9.79. The SMILES string of the molecule is CC(=O)OCC1O[C@@H](OCCCCCC(=O)NCC(C)OCc2ccccc2)C(C)[C@@H](C)[C@H]1C.CC(=O)OCC1O[C@@H](OCCCCCC(=O)NCC(C)OP(OCCC#N)N(C(C)C)C(C)C)C(C)[C@@H](C)[C@H]1C.CC(=O)OCC1O[C@@H](OCCCCCC(=O)O)C(C)[C@@H](C)[C@H]1C.[2H]CF. The molecule has 0 radical (unpaired) electrons. The number of nitrogens with zero attached hydrogens (tertiary/aromatic N) is 2. The van der Waals surface area contributed by atoms with E-state index in [0.717, 1.165) is 56.9 Å². The molecule has 25 heteroatoms. The Kier molecular flexibility index (Phi) is 48.8. The van der Waals surface area contributed by atoms with Crippen molar-refractivity contribution in [3.63, 3.8) is 0 Å². The van der Waals surface area contributed by atoms with Gasteiger partial charge in [0.1, 0.15) is 19.8 Å². The zero-order valence-electron chi connectivity index (χ0n) is 64.3. The lowest BCUT2D eigenvalue weighted by Gasteiger charge is -2.43. The Morgan fingerprint density at radius 3 is 1.26 bits per heavy atom. The first-order chi connectivity index (χ1) is 47.4. The fourth-order valence-corrected chi connectivity index (χ4v) is 13.2.